The molecule has 3 rings (SSSR count). The van der Waals surface area contributed by atoms with E-state index >= 15 is 0 Å². The third kappa shape index (κ3) is 4.73. The second-order valence-corrected chi connectivity index (χ2v) is 7.21. The maximum Gasteiger partial charge on any atom is 0.358 e. The van der Waals surface area contributed by atoms with Crippen LogP contribution < -0.4 is 5.32 Å². The molecule has 0 aliphatic carbocycles. The number of aromatic nitrogens is 3. The summed E-state index contributed by atoms with van der Waals surface area (Å²) in [6, 6.07) is 3.93. The van der Waals surface area contributed by atoms with Gasteiger partial charge in [-0.3, -0.25) is 4.90 Å². The highest BCUT2D eigenvalue weighted by Gasteiger charge is 2.19. The standard InChI is InChI=1S/C17H23N5O2S/c1-3-24-16(23)14-7-8-15(21-20-14)19-17-18-10-13(25-17)11-22-9-5-4-6-12(22)2/h7-8,10,12H,3-6,9,11H2,1-2H3,(H,18,19,21). The van der Waals surface area contributed by atoms with Crippen LogP contribution in [0.25, 0.3) is 0 Å². The van der Waals surface area contributed by atoms with E-state index in [0.717, 1.165) is 18.2 Å². The summed E-state index contributed by atoms with van der Waals surface area (Å²) in [5, 5.41) is 11.8. The molecule has 1 saturated heterocycles. The summed E-state index contributed by atoms with van der Waals surface area (Å²) in [6.45, 7) is 6.46. The first-order valence-corrected chi connectivity index (χ1v) is 9.44. The third-order valence-corrected chi connectivity index (χ3v) is 5.13. The second-order valence-electron chi connectivity index (χ2n) is 6.10. The van der Waals surface area contributed by atoms with Gasteiger partial charge in [-0.1, -0.05) is 6.42 Å². The molecule has 25 heavy (non-hydrogen) atoms. The Labute approximate surface area is 151 Å². The highest BCUT2D eigenvalue weighted by Crippen LogP contribution is 2.25. The van der Waals surface area contributed by atoms with Crippen molar-refractivity contribution >= 4 is 28.3 Å². The third-order valence-electron chi connectivity index (χ3n) is 4.24. The van der Waals surface area contributed by atoms with Crippen molar-refractivity contribution in [2.24, 2.45) is 0 Å². The normalized spacial score (nSPS) is 18.1. The van der Waals surface area contributed by atoms with Gasteiger partial charge in [0, 0.05) is 23.7 Å². The van der Waals surface area contributed by atoms with Crippen LogP contribution in [0.3, 0.4) is 0 Å². The van der Waals surface area contributed by atoms with Crippen LogP contribution in [-0.4, -0.2) is 45.2 Å². The number of esters is 1. The molecule has 0 spiro atoms. The van der Waals surface area contributed by atoms with Crippen molar-refractivity contribution in [2.75, 3.05) is 18.5 Å². The minimum absolute atomic E-state index is 0.200. The molecule has 0 amide bonds. The number of piperidine rings is 1. The van der Waals surface area contributed by atoms with Crippen LogP contribution in [0.5, 0.6) is 0 Å². The molecule has 1 atom stereocenters. The summed E-state index contributed by atoms with van der Waals surface area (Å²) < 4.78 is 4.89. The molecule has 3 heterocycles. The van der Waals surface area contributed by atoms with E-state index in [-0.39, 0.29) is 5.69 Å². The van der Waals surface area contributed by atoms with Crippen molar-refractivity contribution in [3.8, 4) is 0 Å². The van der Waals surface area contributed by atoms with Gasteiger partial charge in [0.25, 0.3) is 0 Å². The lowest BCUT2D eigenvalue weighted by molar-refractivity contribution is 0.0518. The quantitative estimate of drug-likeness (QED) is 0.791. The zero-order valence-electron chi connectivity index (χ0n) is 14.6. The molecule has 1 N–H and O–H groups in total. The molecular weight excluding hydrogens is 338 g/mol. The second kappa shape index (κ2) is 8.35. The predicted molar refractivity (Wildman–Crippen MR) is 97.1 cm³/mol. The van der Waals surface area contributed by atoms with Crippen molar-refractivity contribution in [3.05, 3.63) is 28.9 Å². The van der Waals surface area contributed by atoms with Crippen molar-refractivity contribution in [1.29, 1.82) is 0 Å². The Hall–Kier alpha value is -2.06. The van der Waals surface area contributed by atoms with Crippen LogP contribution in [-0.2, 0) is 11.3 Å². The van der Waals surface area contributed by atoms with Gasteiger partial charge >= 0.3 is 5.97 Å². The molecule has 134 valence electrons. The Kier molecular flexibility index (Phi) is 5.93. The largest absolute Gasteiger partial charge is 0.461 e. The minimum atomic E-state index is -0.464. The fourth-order valence-electron chi connectivity index (χ4n) is 2.85. The van der Waals surface area contributed by atoms with E-state index in [2.05, 4.69) is 32.3 Å². The van der Waals surface area contributed by atoms with Gasteiger partial charge in [-0.25, -0.2) is 9.78 Å². The van der Waals surface area contributed by atoms with Crippen LogP contribution in [0.2, 0.25) is 0 Å². The van der Waals surface area contributed by atoms with E-state index in [9.17, 15) is 4.79 Å². The average molecular weight is 361 g/mol. The zero-order valence-corrected chi connectivity index (χ0v) is 15.4. The summed E-state index contributed by atoms with van der Waals surface area (Å²) in [5.74, 6) is 0.0917. The molecule has 8 heteroatoms. The molecule has 7 nitrogen and oxygen atoms in total. The van der Waals surface area contributed by atoms with Crippen molar-refractivity contribution < 1.29 is 9.53 Å². The van der Waals surface area contributed by atoms with Gasteiger partial charge in [-0.2, -0.15) is 0 Å². The first-order chi connectivity index (χ1) is 12.2. The van der Waals surface area contributed by atoms with Gasteiger partial charge in [0.1, 0.15) is 0 Å². The summed E-state index contributed by atoms with van der Waals surface area (Å²) >= 11 is 1.62. The molecule has 1 unspecified atom stereocenters. The van der Waals surface area contributed by atoms with E-state index in [1.165, 1.54) is 24.1 Å². The van der Waals surface area contributed by atoms with E-state index < -0.39 is 5.97 Å². The number of nitrogens with one attached hydrogen (secondary N) is 1. The number of rotatable bonds is 6. The number of likely N-dealkylation sites (tertiary alicyclic amines) is 1. The molecule has 1 aliphatic heterocycles. The maximum absolute atomic E-state index is 11.6. The van der Waals surface area contributed by atoms with Gasteiger partial charge in [-0.15, -0.1) is 21.5 Å². The van der Waals surface area contributed by atoms with Crippen LogP contribution in [0.15, 0.2) is 18.3 Å². The molecule has 2 aromatic rings. The van der Waals surface area contributed by atoms with E-state index in [1.54, 1.807) is 30.4 Å². The van der Waals surface area contributed by atoms with Gasteiger partial charge in [0.2, 0.25) is 0 Å². The molecule has 1 aliphatic rings. The summed E-state index contributed by atoms with van der Waals surface area (Å²) in [6.07, 6.45) is 5.78. The summed E-state index contributed by atoms with van der Waals surface area (Å²) in [4.78, 5) is 19.7. The number of nitrogens with zero attached hydrogens (tertiary/aromatic N) is 4. The molecular formula is C17H23N5O2S. The Bertz CT molecular complexity index is 703. The van der Waals surface area contributed by atoms with Crippen LogP contribution in [0, 0.1) is 0 Å². The van der Waals surface area contributed by atoms with Crippen molar-refractivity contribution in [1.82, 2.24) is 20.1 Å². The number of carbonyl (C=O) groups is 1. The SMILES string of the molecule is CCOC(=O)c1ccc(Nc2ncc(CN3CCCCC3C)s2)nn1. The molecule has 2 aromatic heterocycles. The maximum atomic E-state index is 11.6. The van der Waals surface area contributed by atoms with Crippen molar-refractivity contribution in [2.45, 2.75) is 45.7 Å². The highest BCUT2D eigenvalue weighted by atomic mass is 32.1. The lowest BCUT2D eigenvalue weighted by atomic mass is 10.0. The minimum Gasteiger partial charge on any atom is -0.461 e. The van der Waals surface area contributed by atoms with E-state index in [4.69, 9.17) is 4.74 Å². The van der Waals surface area contributed by atoms with Crippen LogP contribution in [0.4, 0.5) is 10.9 Å². The topological polar surface area (TPSA) is 80.2 Å². The van der Waals surface area contributed by atoms with Gasteiger partial charge < -0.3 is 10.1 Å². The Morgan fingerprint density at radius 1 is 1.40 bits per heavy atom. The van der Waals surface area contributed by atoms with Gasteiger partial charge in [-0.05, 0) is 45.4 Å². The zero-order chi connectivity index (χ0) is 17.6. The molecule has 0 radical (unpaired) electrons. The number of hydrogen-bond acceptors (Lipinski definition) is 8. The lowest BCUT2D eigenvalue weighted by Crippen LogP contribution is -2.36. The number of anilines is 2. The van der Waals surface area contributed by atoms with E-state index in [1.807, 2.05) is 6.20 Å². The predicted octanol–water partition coefficient (Wildman–Crippen LogP) is 3.23. The van der Waals surface area contributed by atoms with Gasteiger partial charge in [0.15, 0.2) is 16.6 Å². The molecule has 0 saturated carbocycles. The lowest BCUT2D eigenvalue weighted by Gasteiger charge is -2.32. The first-order valence-electron chi connectivity index (χ1n) is 8.62. The Morgan fingerprint density at radius 2 is 2.28 bits per heavy atom. The Balaban J connectivity index is 1.58. The highest BCUT2D eigenvalue weighted by molar-refractivity contribution is 7.15. The fraction of sp³-hybridized carbons (Fsp3) is 0.529. The molecule has 0 bridgehead atoms. The van der Waals surface area contributed by atoms with E-state index in [0.29, 0.717) is 18.5 Å². The average Bonchev–Trinajstić information content (AvgIpc) is 3.05. The number of ether oxygens (including phenoxy) is 1. The van der Waals surface area contributed by atoms with Gasteiger partial charge in [0.05, 0.1) is 6.61 Å². The number of hydrogen-bond donors (Lipinski definition) is 1. The van der Waals surface area contributed by atoms with Crippen molar-refractivity contribution in [3.63, 3.8) is 0 Å². The van der Waals surface area contributed by atoms with Crippen LogP contribution in [0.1, 0.15) is 48.5 Å². The monoisotopic (exact) mass is 361 g/mol. The molecule has 0 aromatic carbocycles. The Morgan fingerprint density at radius 3 is 3.00 bits per heavy atom. The summed E-state index contributed by atoms with van der Waals surface area (Å²) in [7, 11) is 0. The summed E-state index contributed by atoms with van der Waals surface area (Å²) in [5.41, 5.74) is 0.200. The number of carbonyl (C=O) groups excluding carboxylic acids is 1. The van der Waals surface area contributed by atoms with Crippen LogP contribution >= 0.6 is 11.3 Å². The fourth-order valence-corrected chi connectivity index (χ4v) is 3.70. The molecule has 1 fully saturated rings. The first kappa shape index (κ1) is 17.8. The smallest absolute Gasteiger partial charge is 0.358 e. The number of thiazole rings is 1.